The fraction of sp³-hybridized carbons (Fsp3) is 0.231. The molecular weight excluding hydrogens is 252 g/mol. The number of halogens is 1. The standard InChI is InChI=1S/C13H15ClN2S/c1-9-2-4-10(5-3-9)16-11(8-15)12-6-7-13(14)17-12/h2-7,11,16H,8,15H2,1H3. The molecular formula is C13H15ClN2S. The summed E-state index contributed by atoms with van der Waals surface area (Å²) >= 11 is 7.50. The minimum Gasteiger partial charge on any atom is -0.376 e. The van der Waals surface area contributed by atoms with Gasteiger partial charge in [0.05, 0.1) is 10.4 Å². The highest BCUT2D eigenvalue weighted by Gasteiger charge is 2.11. The molecule has 0 bridgehead atoms. The van der Waals surface area contributed by atoms with Crippen LogP contribution in [0.15, 0.2) is 36.4 Å². The number of nitrogens with two attached hydrogens (primary N) is 1. The molecule has 1 heterocycles. The van der Waals surface area contributed by atoms with Crippen molar-refractivity contribution in [3.8, 4) is 0 Å². The zero-order valence-corrected chi connectivity index (χ0v) is 11.2. The molecule has 0 aliphatic carbocycles. The van der Waals surface area contributed by atoms with Gasteiger partial charge >= 0.3 is 0 Å². The minimum absolute atomic E-state index is 0.121. The molecule has 2 rings (SSSR count). The number of hydrogen-bond acceptors (Lipinski definition) is 3. The first-order chi connectivity index (χ1) is 8.19. The Bertz CT molecular complexity index is 478. The van der Waals surface area contributed by atoms with Crippen LogP contribution < -0.4 is 11.1 Å². The number of rotatable bonds is 4. The highest BCUT2D eigenvalue weighted by atomic mass is 35.5. The van der Waals surface area contributed by atoms with Gasteiger partial charge in [0.25, 0.3) is 0 Å². The summed E-state index contributed by atoms with van der Waals surface area (Å²) in [6.45, 7) is 2.62. The van der Waals surface area contributed by atoms with Crippen LogP contribution in [0.4, 0.5) is 5.69 Å². The second-order valence-electron chi connectivity index (χ2n) is 3.94. The molecule has 0 fully saturated rings. The molecule has 4 heteroatoms. The van der Waals surface area contributed by atoms with Crippen molar-refractivity contribution in [1.82, 2.24) is 0 Å². The van der Waals surface area contributed by atoms with E-state index in [1.165, 1.54) is 5.56 Å². The highest BCUT2D eigenvalue weighted by Crippen LogP contribution is 2.28. The molecule has 0 spiro atoms. The van der Waals surface area contributed by atoms with Crippen molar-refractivity contribution < 1.29 is 0 Å². The van der Waals surface area contributed by atoms with Crippen molar-refractivity contribution >= 4 is 28.6 Å². The molecule has 1 atom stereocenters. The molecule has 1 unspecified atom stereocenters. The predicted octanol–water partition coefficient (Wildman–Crippen LogP) is 3.82. The van der Waals surface area contributed by atoms with E-state index in [2.05, 4.69) is 36.5 Å². The van der Waals surface area contributed by atoms with Crippen LogP contribution in [-0.4, -0.2) is 6.54 Å². The average Bonchev–Trinajstić information content (AvgIpc) is 2.75. The van der Waals surface area contributed by atoms with Crippen LogP contribution in [0, 0.1) is 6.92 Å². The molecule has 17 heavy (non-hydrogen) atoms. The van der Waals surface area contributed by atoms with Crippen molar-refractivity contribution in [3.05, 3.63) is 51.2 Å². The summed E-state index contributed by atoms with van der Waals surface area (Å²) in [4.78, 5) is 1.16. The SMILES string of the molecule is Cc1ccc(NC(CN)c2ccc(Cl)s2)cc1. The first-order valence-electron chi connectivity index (χ1n) is 5.47. The summed E-state index contributed by atoms with van der Waals surface area (Å²) in [7, 11) is 0. The van der Waals surface area contributed by atoms with Crippen LogP contribution in [-0.2, 0) is 0 Å². The second kappa shape index (κ2) is 5.54. The summed E-state index contributed by atoms with van der Waals surface area (Å²) in [6.07, 6.45) is 0. The monoisotopic (exact) mass is 266 g/mol. The van der Waals surface area contributed by atoms with Gasteiger partial charge in [-0.05, 0) is 31.2 Å². The Kier molecular flexibility index (Phi) is 4.05. The Labute approximate surface area is 110 Å². The molecule has 0 radical (unpaired) electrons. The van der Waals surface area contributed by atoms with Crippen LogP contribution in [0.1, 0.15) is 16.5 Å². The Balaban J connectivity index is 2.12. The molecule has 0 aliphatic rings. The lowest BCUT2D eigenvalue weighted by atomic mass is 10.2. The maximum absolute atomic E-state index is 5.94. The van der Waals surface area contributed by atoms with Gasteiger partial charge in [0, 0.05) is 17.1 Å². The lowest BCUT2D eigenvalue weighted by Crippen LogP contribution is -2.19. The quantitative estimate of drug-likeness (QED) is 0.883. The summed E-state index contributed by atoms with van der Waals surface area (Å²) in [5, 5.41) is 3.41. The van der Waals surface area contributed by atoms with Crippen molar-refractivity contribution in [3.63, 3.8) is 0 Å². The third kappa shape index (κ3) is 3.22. The first-order valence-corrected chi connectivity index (χ1v) is 6.67. The summed E-state index contributed by atoms with van der Waals surface area (Å²) in [5.41, 5.74) is 8.12. The van der Waals surface area contributed by atoms with Crippen molar-refractivity contribution in [1.29, 1.82) is 0 Å². The number of nitrogens with one attached hydrogen (secondary N) is 1. The Morgan fingerprint density at radius 3 is 2.47 bits per heavy atom. The molecule has 1 aromatic heterocycles. The van der Waals surface area contributed by atoms with Crippen LogP contribution in [0.2, 0.25) is 4.34 Å². The third-order valence-corrected chi connectivity index (χ3v) is 3.91. The Hall–Kier alpha value is -1.03. The van der Waals surface area contributed by atoms with E-state index < -0.39 is 0 Å². The van der Waals surface area contributed by atoms with Gasteiger partial charge in [0.1, 0.15) is 0 Å². The maximum atomic E-state index is 5.94. The van der Waals surface area contributed by atoms with Gasteiger partial charge in [-0.15, -0.1) is 11.3 Å². The number of thiophene rings is 1. The van der Waals surface area contributed by atoms with Crippen LogP contribution in [0.5, 0.6) is 0 Å². The third-order valence-electron chi connectivity index (χ3n) is 2.57. The van der Waals surface area contributed by atoms with Crippen LogP contribution in [0.25, 0.3) is 0 Å². The first kappa shape index (κ1) is 12.4. The van der Waals surface area contributed by atoms with Gasteiger partial charge in [0.15, 0.2) is 0 Å². The summed E-state index contributed by atoms with van der Waals surface area (Å²) in [5.74, 6) is 0. The normalized spacial score (nSPS) is 12.4. The van der Waals surface area contributed by atoms with Gasteiger partial charge in [-0.1, -0.05) is 29.3 Å². The van der Waals surface area contributed by atoms with Crippen molar-refractivity contribution in [2.45, 2.75) is 13.0 Å². The van der Waals surface area contributed by atoms with E-state index >= 15 is 0 Å². The van der Waals surface area contributed by atoms with E-state index in [9.17, 15) is 0 Å². The van der Waals surface area contributed by atoms with Gasteiger partial charge < -0.3 is 11.1 Å². The number of hydrogen-bond donors (Lipinski definition) is 2. The number of benzene rings is 1. The molecule has 90 valence electrons. The van der Waals surface area contributed by atoms with E-state index in [1.54, 1.807) is 11.3 Å². The largest absolute Gasteiger partial charge is 0.376 e. The second-order valence-corrected chi connectivity index (χ2v) is 5.69. The average molecular weight is 267 g/mol. The van der Waals surface area contributed by atoms with Crippen molar-refractivity contribution in [2.75, 3.05) is 11.9 Å². The molecule has 3 N–H and O–H groups in total. The zero-order valence-electron chi connectivity index (χ0n) is 9.61. The Morgan fingerprint density at radius 2 is 1.94 bits per heavy atom. The fourth-order valence-electron chi connectivity index (χ4n) is 1.61. The van der Waals surface area contributed by atoms with Gasteiger partial charge in [-0.25, -0.2) is 0 Å². The molecule has 0 saturated carbocycles. The lowest BCUT2D eigenvalue weighted by molar-refractivity contribution is 0.806. The van der Waals surface area contributed by atoms with E-state index in [1.807, 2.05) is 12.1 Å². The summed E-state index contributed by atoms with van der Waals surface area (Å²) < 4.78 is 0.796. The number of aryl methyl sites for hydroxylation is 1. The van der Waals surface area contributed by atoms with E-state index in [0.717, 1.165) is 14.9 Å². The molecule has 0 saturated heterocycles. The maximum Gasteiger partial charge on any atom is 0.0932 e. The van der Waals surface area contributed by atoms with E-state index in [0.29, 0.717) is 6.54 Å². The Morgan fingerprint density at radius 1 is 1.24 bits per heavy atom. The molecule has 2 nitrogen and oxygen atoms in total. The topological polar surface area (TPSA) is 38.0 Å². The molecule has 0 aliphatic heterocycles. The van der Waals surface area contributed by atoms with Gasteiger partial charge in [-0.2, -0.15) is 0 Å². The smallest absolute Gasteiger partial charge is 0.0932 e. The summed E-state index contributed by atoms with van der Waals surface area (Å²) in [6, 6.07) is 12.3. The van der Waals surface area contributed by atoms with Crippen LogP contribution >= 0.6 is 22.9 Å². The lowest BCUT2D eigenvalue weighted by Gasteiger charge is -2.16. The van der Waals surface area contributed by atoms with E-state index in [4.69, 9.17) is 17.3 Å². The predicted molar refractivity (Wildman–Crippen MR) is 75.9 cm³/mol. The van der Waals surface area contributed by atoms with Gasteiger partial charge in [-0.3, -0.25) is 0 Å². The molecule has 0 amide bonds. The minimum atomic E-state index is 0.121. The number of anilines is 1. The fourth-order valence-corrected chi connectivity index (χ4v) is 2.74. The zero-order chi connectivity index (χ0) is 12.3. The van der Waals surface area contributed by atoms with Crippen molar-refractivity contribution in [2.24, 2.45) is 5.73 Å². The van der Waals surface area contributed by atoms with Gasteiger partial charge in [0.2, 0.25) is 0 Å². The molecule has 1 aromatic carbocycles. The molecule has 2 aromatic rings. The highest BCUT2D eigenvalue weighted by molar-refractivity contribution is 7.16. The van der Waals surface area contributed by atoms with E-state index in [-0.39, 0.29) is 6.04 Å². The van der Waals surface area contributed by atoms with Crippen LogP contribution in [0.3, 0.4) is 0 Å².